The summed E-state index contributed by atoms with van der Waals surface area (Å²) < 4.78 is 5.13. The quantitative estimate of drug-likeness (QED) is 0.405. The van der Waals surface area contributed by atoms with Crippen LogP contribution in [0.4, 0.5) is 0 Å². The van der Waals surface area contributed by atoms with E-state index in [9.17, 15) is 9.59 Å². The highest BCUT2D eigenvalue weighted by molar-refractivity contribution is 5.30. The molecule has 0 fully saturated rings. The smallest absolute Gasteiger partial charge is 0.244 e. The van der Waals surface area contributed by atoms with Gasteiger partial charge in [0.25, 0.3) is 0 Å². The van der Waals surface area contributed by atoms with Crippen molar-refractivity contribution in [3.05, 3.63) is 117 Å². The summed E-state index contributed by atoms with van der Waals surface area (Å²) in [5, 5.41) is 15.9. The van der Waals surface area contributed by atoms with Crippen molar-refractivity contribution in [3.63, 3.8) is 0 Å². The summed E-state index contributed by atoms with van der Waals surface area (Å²) >= 11 is 0. The molecule has 158 valence electrons. The third-order valence-electron chi connectivity index (χ3n) is 4.97. The summed E-state index contributed by atoms with van der Waals surface area (Å²) in [6.45, 7) is 0.576. The molecule has 0 radical (unpaired) electrons. The lowest BCUT2D eigenvalue weighted by molar-refractivity contribution is 0.626. The Hall–Kier alpha value is -4.60. The molecule has 10 nitrogen and oxygen atoms in total. The fourth-order valence-electron chi connectivity index (χ4n) is 3.31. The molecule has 32 heavy (non-hydrogen) atoms. The first kappa shape index (κ1) is 19.4. The summed E-state index contributed by atoms with van der Waals surface area (Å²) in [7, 11) is 0. The van der Waals surface area contributed by atoms with Crippen molar-refractivity contribution in [1.29, 1.82) is 0 Å². The Balaban J connectivity index is 1.31. The number of aromatic nitrogens is 8. The Labute approximate surface area is 181 Å². The van der Waals surface area contributed by atoms with Gasteiger partial charge in [0.2, 0.25) is 0 Å². The van der Waals surface area contributed by atoms with Crippen LogP contribution < -0.4 is 11.4 Å². The van der Waals surface area contributed by atoms with Gasteiger partial charge in [0.15, 0.2) is 0 Å². The van der Waals surface area contributed by atoms with Crippen molar-refractivity contribution >= 4 is 0 Å². The lowest BCUT2D eigenvalue weighted by Crippen LogP contribution is -2.25. The second kappa shape index (κ2) is 8.26. The maximum Gasteiger partial charge on any atom is 0.368 e. The third-order valence-corrected chi connectivity index (χ3v) is 4.97. The number of para-hydroxylation sites is 2. The molecule has 0 atom stereocenters. The minimum Gasteiger partial charge on any atom is -0.244 e. The van der Waals surface area contributed by atoms with Gasteiger partial charge in [0.1, 0.15) is 0 Å². The van der Waals surface area contributed by atoms with Gasteiger partial charge in [-0.15, -0.1) is 0 Å². The van der Waals surface area contributed by atoms with E-state index < -0.39 is 0 Å². The number of hydrogen-bond donors (Lipinski definition) is 0. The van der Waals surface area contributed by atoms with Crippen LogP contribution in [-0.4, -0.2) is 39.6 Å². The van der Waals surface area contributed by atoms with E-state index in [1.54, 1.807) is 24.3 Å². The number of hydrogen-bond acceptors (Lipinski definition) is 6. The molecular formula is C22H18N8O2. The zero-order valence-corrected chi connectivity index (χ0v) is 16.9. The maximum atomic E-state index is 12.6. The molecule has 5 rings (SSSR count). The summed E-state index contributed by atoms with van der Waals surface area (Å²) in [4.78, 5) is 25.2. The van der Waals surface area contributed by atoms with Crippen molar-refractivity contribution in [2.24, 2.45) is 0 Å². The Morgan fingerprint density at radius 3 is 1.25 bits per heavy atom. The highest BCUT2D eigenvalue weighted by Gasteiger charge is 2.11. The number of nitrogens with zero attached hydrogens (tertiary/aromatic N) is 8. The molecular weight excluding hydrogens is 408 g/mol. The highest BCUT2D eigenvalue weighted by atomic mass is 16.2. The molecule has 3 aromatic carbocycles. The minimum atomic E-state index is -0.315. The summed E-state index contributed by atoms with van der Waals surface area (Å²) in [6, 6.07) is 25.8. The van der Waals surface area contributed by atoms with Gasteiger partial charge in [0, 0.05) is 0 Å². The molecule has 0 saturated heterocycles. The standard InChI is InChI=1S/C22H18N8O2/c31-21-27(23-25-29(21)19-7-3-1-4-8-19)15-17-11-13-18(14-12-17)16-28-22(32)30(26-24-28)20-9-5-2-6-10-20/h1-14H,15-16H2. The molecule has 5 aromatic rings. The Bertz CT molecular complexity index is 1340. The zero-order valence-electron chi connectivity index (χ0n) is 16.9. The topological polar surface area (TPSA) is 105 Å². The zero-order chi connectivity index (χ0) is 21.9. The molecule has 0 aliphatic heterocycles. The molecule has 0 saturated carbocycles. The molecule has 2 aromatic heterocycles. The molecule has 0 amide bonds. The van der Waals surface area contributed by atoms with Gasteiger partial charge in [-0.25, -0.2) is 9.59 Å². The molecule has 0 aliphatic rings. The average molecular weight is 426 g/mol. The van der Waals surface area contributed by atoms with E-state index in [1.807, 2.05) is 60.7 Å². The predicted molar refractivity (Wildman–Crippen MR) is 116 cm³/mol. The summed E-state index contributed by atoms with van der Waals surface area (Å²) in [6.07, 6.45) is 0. The average Bonchev–Trinajstić information content (AvgIpc) is 3.38. The normalized spacial score (nSPS) is 11.0. The first-order valence-corrected chi connectivity index (χ1v) is 9.93. The van der Waals surface area contributed by atoms with Gasteiger partial charge in [-0.3, -0.25) is 0 Å². The number of rotatable bonds is 6. The van der Waals surface area contributed by atoms with E-state index in [4.69, 9.17) is 0 Å². The van der Waals surface area contributed by atoms with Crippen molar-refractivity contribution in [1.82, 2.24) is 39.6 Å². The van der Waals surface area contributed by atoms with Crippen LogP contribution in [-0.2, 0) is 13.1 Å². The first-order chi connectivity index (χ1) is 15.7. The molecule has 0 N–H and O–H groups in total. The van der Waals surface area contributed by atoms with Crippen LogP contribution in [0, 0.1) is 0 Å². The van der Waals surface area contributed by atoms with E-state index in [2.05, 4.69) is 20.9 Å². The molecule has 0 spiro atoms. The monoisotopic (exact) mass is 426 g/mol. The summed E-state index contributed by atoms with van der Waals surface area (Å²) in [5.41, 5.74) is 2.46. The van der Waals surface area contributed by atoms with Crippen molar-refractivity contribution in [2.45, 2.75) is 13.1 Å². The second-order valence-corrected chi connectivity index (χ2v) is 7.15. The molecule has 10 heteroatoms. The van der Waals surface area contributed by atoms with Gasteiger partial charge >= 0.3 is 11.4 Å². The Morgan fingerprint density at radius 1 is 0.500 bits per heavy atom. The Kier molecular flexibility index (Phi) is 5.00. The van der Waals surface area contributed by atoms with E-state index in [-0.39, 0.29) is 24.5 Å². The maximum absolute atomic E-state index is 12.6. The minimum absolute atomic E-state index is 0.288. The van der Waals surface area contributed by atoms with Crippen molar-refractivity contribution in [2.75, 3.05) is 0 Å². The second-order valence-electron chi connectivity index (χ2n) is 7.15. The van der Waals surface area contributed by atoms with Crippen LogP contribution in [0.5, 0.6) is 0 Å². The SMILES string of the molecule is O=c1n(Cc2ccc(Cn3nnn(-c4ccccc4)c3=O)cc2)nnn1-c1ccccc1. The van der Waals surface area contributed by atoms with Crippen LogP contribution in [0.3, 0.4) is 0 Å². The van der Waals surface area contributed by atoms with E-state index in [1.165, 1.54) is 18.7 Å². The fourth-order valence-corrected chi connectivity index (χ4v) is 3.31. The number of tetrazole rings is 2. The lowest BCUT2D eigenvalue weighted by atomic mass is 10.1. The van der Waals surface area contributed by atoms with E-state index in [0.717, 1.165) is 11.1 Å². The van der Waals surface area contributed by atoms with Crippen LogP contribution in [0.2, 0.25) is 0 Å². The predicted octanol–water partition coefficient (Wildman–Crippen LogP) is 1.27. The van der Waals surface area contributed by atoms with Gasteiger partial charge < -0.3 is 0 Å². The van der Waals surface area contributed by atoms with Crippen LogP contribution >= 0.6 is 0 Å². The van der Waals surface area contributed by atoms with Crippen LogP contribution in [0.15, 0.2) is 94.5 Å². The van der Waals surface area contributed by atoms with Crippen molar-refractivity contribution in [3.8, 4) is 11.4 Å². The van der Waals surface area contributed by atoms with E-state index >= 15 is 0 Å². The molecule has 2 heterocycles. The van der Waals surface area contributed by atoms with Gasteiger partial charge in [-0.2, -0.15) is 18.7 Å². The van der Waals surface area contributed by atoms with Crippen LogP contribution in [0.25, 0.3) is 11.4 Å². The Morgan fingerprint density at radius 2 is 0.875 bits per heavy atom. The third kappa shape index (κ3) is 3.76. The van der Waals surface area contributed by atoms with Gasteiger partial charge in [-0.1, -0.05) is 60.7 Å². The fraction of sp³-hybridized carbons (Fsp3) is 0.0909. The highest BCUT2D eigenvalue weighted by Crippen LogP contribution is 2.07. The van der Waals surface area contributed by atoms with E-state index in [0.29, 0.717) is 11.4 Å². The van der Waals surface area contributed by atoms with Gasteiger partial charge in [-0.05, 0) is 56.2 Å². The van der Waals surface area contributed by atoms with Crippen molar-refractivity contribution < 1.29 is 0 Å². The molecule has 0 aliphatic carbocycles. The van der Waals surface area contributed by atoms with Gasteiger partial charge in [0.05, 0.1) is 24.5 Å². The molecule has 0 bridgehead atoms. The largest absolute Gasteiger partial charge is 0.368 e. The van der Waals surface area contributed by atoms with Crippen LogP contribution in [0.1, 0.15) is 11.1 Å². The number of benzene rings is 3. The lowest BCUT2D eigenvalue weighted by Gasteiger charge is -2.03. The molecule has 0 unspecified atom stereocenters. The first-order valence-electron chi connectivity index (χ1n) is 9.93. The summed E-state index contributed by atoms with van der Waals surface area (Å²) in [5.74, 6) is 0.